The molecule has 2 rings (SSSR count). The highest BCUT2D eigenvalue weighted by molar-refractivity contribution is 5.35. The van der Waals surface area contributed by atoms with E-state index in [1.165, 1.54) is 5.56 Å². The fourth-order valence-electron chi connectivity index (χ4n) is 1.97. The number of nitrogens with one attached hydrogen (secondary N) is 1. The van der Waals surface area contributed by atoms with E-state index in [1.807, 2.05) is 25.2 Å². The predicted molar refractivity (Wildman–Crippen MR) is 59.1 cm³/mol. The standard InChI is InChI=1S/C12H17NO2/c1-13-7-11(14)10-6-9-4-2-3-5-12(9)15-8-10/h2-5,10-11,13-14H,6-8H2,1H3. The van der Waals surface area contributed by atoms with Crippen LogP contribution in [-0.2, 0) is 6.42 Å². The van der Waals surface area contributed by atoms with Gasteiger partial charge in [-0.25, -0.2) is 0 Å². The van der Waals surface area contributed by atoms with Gasteiger partial charge in [-0.05, 0) is 25.1 Å². The van der Waals surface area contributed by atoms with E-state index in [1.54, 1.807) is 0 Å². The van der Waals surface area contributed by atoms with Gasteiger partial charge in [0.05, 0.1) is 12.7 Å². The molecule has 0 aliphatic carbocycles. The topological polar surface area (TPSA) is 41.5 Å². The summed E-state index contributed by atoms with van der Waals surface area (Å²) < 4.78 is 5.62. The van der Waals surface area contributed by atoms with E-state index in [9.17, 15) is 5.11 Å². The molecule has 0 fully saturated rings. The Morgan fingerprint density at radius 2 is 2.33 bits per heavy atom. The van der Waals surface area contributed by atoms with E-state index in [-0.39, 0.29) is 12.0 Å². The number of para-hydroxylation sites is 1. The summed E-state index contributed by atoms with van der Waals surface area (Å²) in [5, 5.41) is 12.8. The van der Waals surface area contributed by atoms with Crippen molar-refractivity contribution in [3.8, 4) is 5.75 Å². The van der Waals surface area contributed by atoms with Gasteiger partial charge in [0.2, 0.25) is 0 Å². The zero-order valence-electron chi connectivity index (χ0n) is 8.94. The van der Waals surface area contributed by atoms with Crippen LogP contribution in [0.1, 0.15) is 5.56 Å². The van der Waals surface area contributed by atoms with Crippen molar-refractivity contribution >= 4 is 0 Å². The molecule has 0 aromatic heterocycles. The van der Waals surface area contributed by atoms with E-state index in [0.29, 0.717) is 13.2 Å². The number of ether oxygens (including phenoxy) is 1. The second kappa shape index (κ2) is 4.64. The van der Waals surface area contributed by atoms with Crippen molar-refractivity contribution in [3.05, 3.63) is 29.8 Å². The lowest BCUT2D eigenvalue weighted by Crippen LogP contribution is -2.37. The van der Waals surface area contributed by atoms with Gasteiger partial charge in [0.15, 0.2) is 0 Å². The van der Waals surface area contributed by atoms with E-state index < -0.39 is 0 Å². The molecule has 0 amide bonds. The van der Waals surface area contributed by atoms with Crippen molar-refractivity contribution in [3.63, 3.8) is 0 Å². The van der Waals surface area contributed by atoms with E-state index in [0.717, 1.165) is 12.2 Å². The van der Waals surface area contributed by atoms with E-state index in [4.69, 9.17) is 4.74 Å². The van der Waals surface area contributed by atoms with Gasteiger partial charge in [-0.3, -0.25) is 0 Å². The SMILES string of the molecule is CNCC(O)C1COc2ccccc2C1. The van der Waals surface area contributed by atoms with Crippen LogP contribution in [0.5, 0.6) is 5.75 Å². The van der Waals surface area contributed by atoms with Crippen LogP contribution in [0.15, 0.2) is 24.3 Å². The Hall–Kier alpha value is -1.06. The number of likely N-dealkylation sites (N-methyl/N-ethyl adjacent to an activating group) is 1. The summed E-state index contributed by atoms with van der Waals surface area (Å²) in [5.41, 5.74) is 1.20. The second-order valence-corrected chi connectivity index (χ2v) is 4.01. The number of benzene rings is 1. The molecule has 0 saturated carbocycles. The number of hydrogen-bond donors (Lipinski definition) is 2. The minimum absolute atomic E-state index is 0.201. The van der Waals surface area contributed by atoms with Crippen LogP contribution in [0, 0.1) is 5.92 Å². The molecule has 0 radical (unpaired) electrons. The molecule has 1 aliphatic heterocycles. The van der Waals surface area contributed by atoms with Crippen LogP contribution in [0.25, 0.3) is 0 Å². The second-order valence-electron chi connectivity index (χ2n) is 4.01. The van der Waals surface area contributed by atoms with E-state index >= 15 is 0 Å². The molecular formula is C12H17NO2. The molecule has 2 atom stereocenters. The molecule has 0 bridgehead atoms. The molecule has 82 valence electrons. The quantitative estimate of drug-likeness (QED) is 0.771. The molecule has 0 saturated heterocycles. The Kier molecular flexibility index (Phi) is 3.23. The molecule has 3 nitrogen and oxygen atoms in total. The normalized spacial score (nSPS) is 21.6. The Morgan fingerprint density at radius 1 is 1.53 bits per heavy atom. The molecule has 2 N–H and O–H groups in total. The number of rotatable bonds is 3. The smallest absolute Gasteiger partial charge is 0.122 e. The minimum Gasteiger partial charge on any atom is -0.493 e. The first kappa shape index (κ1) is 10.5. The van der Waals surface area contributed by atoms with Crippen molar-refractivity contribution in [1.29, 1.82) is 0 Å². The van der Waals surface area contributed by atoms with Crippen LogP contribution in [0.2, 0.25) is 0 Å². The molecule has 1 heterocycles. The average molecular weight is 207 g/mol. The molecule has 2 unspecified atom stereocenters. The molecule has 1 aromatic carbocycles. The lowest BCUT2D eigenvalue weighted by Gasteiger charge is -2.28. The largest absolute Gasteiger partial charge is 0.493 e. The highest BCUT2D eigenvalue weighted by Crippen LogP contribution is 2.28. The Labute approximate surface area is 90.1 Å². The monoisotopic (exact) mass is 207 g/mol. The van der Waals surface area contributed by atoms with Crippen molar-refractivity contribution in [2.45, 2.75) is 12.5 Å². The summed E-state index contributed by atoms with van der Waals surface area (Å²) in [5.74, 6) is 1.16. The number of aliphatic hydroxyl groups excluding tert-OH is 1. The van der Waals surface area contributed by atoms with Gasteiger partial charge in [0, 0.05) is 12.5 Å². The highest BCUT2D eigenvalue weighted by atomic mass is 16.5. The van der Waals surface area contributed by atoms with Gasteiger partial charge in [0.1, 0.15) is 5.75 Å². The summed E-state index contributed by atoms with van der Waals surface area (Å²) in [7, 11) is 1.85. The van der Waals surface area contributed by atoms with Crippen molar-refractivity contribution in [1.82, 2.24) is 5.32 Å². The predicted octanol–water partition coefficient (Wildman–Crippen LogP) is 0.818. The highest BCUT2D eigenvalue weighted by Gasteiger charge is 2.25. The maximum atomic E-state index is 9.86. The first-order valence-electron chi connectivity index (χ1n) is 5.34. The third kappa shape index (κ3) is 2.30. The Balaban J connectivity index is 2.05. The lowest BCUT2D eigenvalue weighted by atomic mass is 9.92. The first-order valence-corrected chi connectivity index (χ1v) is 5.34. The molecule has 1 aromatic rings. The fourth-order valence-corrected chi connectivity index (χ4v) is 1.97. The number of hydrogen-bond acceptors (Lipinski definition) is 3. The third-order valence-electron chi connectivity index (χ3n) is 2.87. The van der Waals surface area contributed by atoms with Gasteiger partial charge >= 0.3 is 0 Å². The average Bonchev–Trinajstić information content (AvgIpc) is 2.29. The number of fused-ring (bicyclic) bond motifs is 1. The molecule has 1 aliphatic rings. The summed E-state index contributed by atoms with van der Waals surface area (Å²) in [4.78, 5) is 0. The molecule has 15 heavy (non-hydrogen) atoms. The lowest BCUT2D eigenvalue weighted by molar-refractivity contribution is 0.0662. The van der Waals surface area contributed by atoms with Crippen LogP contribution in [0.3, 0.4) is 0 Å². The molecule has 0 spiro atoms. The zero-order valence-corrected chi connectivity index (χ0v) is 8.94. The van der Waals surface area contributed by atoms with Crippen molar-refractivity contribution in [2.75, 3.05) is 20.2 Å². The Bertz CT molecular complexity index is 327. The minimum atomic E-state index is -0.330. The van der Waals surface area contributed by atoms with Gasteiger partial charge in [-0.2, -0.15) is 0 Å². The Morgan fingerprint density at radius 3 is 3.13 bits per heavy atom. The fraction of sp³-hybridized carbons (Fsp3) is 0.500. The van der Waals surface area contributed by atoms with Crippen LogP contribution in [0.4, 0.5) is 0 Å². The van der Waals surface area contributed by atoms with Gasteiger partial charge in [-0.15, -0.1) is 0 Å². The summed E-state index contributed by atoms with van der Waals surface area (Å²) in [6.45, 7) is 1.23. The van der Waals surface area contributed by atoms with Crippen LogP contribution < -0.4 is 10.1 Å². The van der Waals surface area contributed by atoms with Crippen LogP contribution >= 0.6 is 0 Å². The van der Waals surface area contributed by atoms with Crippen molar-refractivity contribution in [2.24, 2.45) is 5.92 Å². The number of aliphatic hydroxyl groups is 1. The van der Waals surface area contributed by atoms with E-state index in [2.05, 4.69) is 11.4 Å². The van der Waals surface area contributed by atoms with Crippen LogP contribution in [-0.4, -0.2) is 31.4 Å². The first-order chi connectivity index (χ1) is 7.31. The third-order valence-corrected chi connectivity index (χ3v) is 2.87. The molecular weight excluding hydrogens is 190 g/mol. The van der Waals surface area contributed by atoms with Crippen molar-refractivity contribution < 1.29 is 9.84 Å². The van der Waals surface area contributed by atoms with Gasteiger partial charge < -0.3 is 15.2 Å². The van der Waals surface area contributed by atoms with Gasteiger partial charge in [-0.1, -0.05) is 18.2 Å². The summed E-state index contributed by atoms with van der Waals surface area (Å²) in [6.07, 6.45) is 0.572. The maximum Gasteiger partial charge on any atom is 0.122 e. The summed E-state index contributed by atoms with van der Waals surface area (Å²) >= 11 is 0. The summed E-state index contributed by atoms with van der Waals surface area (Å²) in [6, 6.07) is 8.03. The molecule has 3 heteroatoms. The maximum absolute atomic E-state index is 9.86. The zero-order chi connectivity index (χ0) is 10.7. The van der Waals surface area contributed by atoms with Gasteiger partial charge in [0.25, 0.3) is 0 Å².